The molecule has 0 atom stereocenters. The van der Waals surface area contributed by atoms with E-state index in [0.717, 1.165) is 18.8 Å². The van der Waals surface area contributed by atoms with Crippen molar-refractivity contribution in [2.24, 2.45) is 0 Å². The molecule has 1 fully saturated rings. The number of hydrogen-bond donors (Lipinski definition) is 0. The number of esters is 1. The van der Waals surface area contributed by atoms with Crippen LogP contribution in [0.5, 0.6) is 11.5 Å². The van der Waals surface area contributed by atoms with Gasteiger partial charge in [-0.3, -0.25) is 4.79 Å². The van der Waals surface area contributed by atoms with Crippen molar-refractivity contribution in [2.75, 3.05) is 51.9 Å². The average molecular weight is 384 g/mol. The smallest absolute Gasteiger partial charge is 0.342 e. The molecular formula is C21H24N2O5. The first-order valence-corrected chi connectivity index (χ1v) is 9.09. The first kappa shape index (κ1) is 19.5. The normalized spacial score (nSPS) is 13.8. The molecule has 0 aromatic heterocycles. The molecule has 1 aliphatic heterocycles. The summed E-state index contributed by atoms with van der Waals surface area (Å²) in [7, 11) is 2.99. The number of para-hydroxylation sites is 1. The molecule has 1 saturated heterocycles. The summed E-state index contributed by atoms with van der Waals surface area (Å²) in [5.74, 6) is 0.110. The van der Waals surface area contributed by atoms with Crippen LogP contribution in [0.2, 0.25) is 0 Å². The molecule has 0 aliphatic carbocycles. The van der Waals surface area contributed by atoms with Crippen LogP contribution in [0.15, 0.2) is 48.5 Å². The number of ether oxygens (including phenoxy) is 3. The van der Waals surface area contributed by atoms with Crippen molar-refractivity contribution in [1.29, 1.82) is 0 Å². The third kappa shape index (κ3) is 4.54. The number of amides is 1. The van der Waals surface area contributed by atoms with E-state index in [9.17, 15) is 9.59 Å². The standard InChI is InChI=1S/C21H24N2O5/c1-26-17-8-9-18(19(14-17)27-2)21(25)28-15-20(24)23-12-10-22(11-13-23)16-6-4-3-5-7-16/h3-9,14H,10-13,15H2,1-2H3. The van der Waals surface area contributed by atoms with Crippen LogP contribution in [0.25, 0.3) is 0 Å². The molecule has 1 amide bonds. The first-order valence-electron chi connectivity index (χ1n) is 9.09. The van der Waals surface area contributed by atoms with E-state index in [1.807, 2.05) is 18.2 Å². The number of rotatable bonds is 6. The van der Waals surface area contributed by atoms with E-state index in [4.69, 9.17) is 14.2 Å². The number of piperazine rings is 1. The highest BCUT2D eigenvalue weighted by Crippen LogP contribution is 2.25. The number of benzene rings is 2. The first-order chi connectivity index (χ1) is 13.6. The molecule has 28 heavy (non-hydrogen) atoms. The fourth-order valence-electron chi connectivity index (χ4n) is 3.12. The maximum absolute atomic E-state index is 12.4. The molecular weight excluding hydrogens is 360 g/mol. The van der Waals surface area contributed by atoms with Gasteiger partial charge in [0.25, 0.3) is 5.91 Å². The van der Waals surface area contributed by atoms with Gasteiger partial charge >= 0.3 is 5.97 Å². The van der Waals surface area contributed by atoms with Crippen molar-refractivity contribution in [3.05, 3.63) is 54.1 Å². The van der Waals surface area contributed by atoms with E-state index in [1.54, 1.807) is 23.1 Å². The second kappa shape index (κ2) is 9.12. The maximum atomic E-state index is 12.4. The summed E-state index contributed by atoms with van der Waals surface area (Å²) in [5, 5.41) is 0. The lowest BCUT2D eigenvalue weighted by molar-refractivity contribution is -0.134. The number of methoxy groups -OCH3 is 2. The summed E-state index contributed by atoms with van der Waals surface area (Å²) in [6.45, 7) is 2.39. The minimum atomic E-state index is -0.601. The number of carbonyl (C=O) groups is 2. The number of anilines is 1. The van der Waals surface area contributed by atoms with Crippen molar-refractivity contribution in [3.8, 4) is 11.5 Å². The maximum Gasteiger partial charge on any atom is 0.342 e. The van der Waals surface area contributed by atoms with Gasteiger partial charge in [0.05, 0.1) is 14.2 Å². The Morgan fingerprint density at radius 3 is 2.29 bits per heavy atom. The van der Waals surface area contributed by atoms with Gasteiger partial charge < -0.3 is 24.0 Å². The Morgan fingerprint density at radius 1 is 0.929 bits per heavy atom. The Bertz CT molecular complexity index is 817. The van der Waals surface area contributed by atoms with Crippen LogP contribution in [0.1, 0.15) is 10.4 Å². The molecule has 0 bridgehead atoms. The SMILES string of the molecule is COc1ccc(C(=O)OCC(=O)N2CCN(c3ccccc3)CC2)c(OC)c1. The predicted molar refractivity (Wildman–Crippen MR) is 105 cm³/mol. The van der Waals surface area contributed by atoms with Gasteiger partial charge in [0, 0.05) is 37.9 Å². The third-order valence-corrected chi connectivity index (χ3v) is 4.71. The van der Waals surface area contributed by atoms with E-state index < -0.39 is 5.97 Å². The summed E-state index contributed by atoms with van der Waals surface area (Å²) < 4.78 is 15.5. The molecule has 7 heteroatoms. The van der Waals surface area contributed by atoms with Crippen LogP contribution in [0.3, 0.4) is 0 Å². The molecule has 0 saturated carbocycles. The van der Waals surface area contributed by atoms with Gasteiger partial charge in [-0.25, -0.2) is 4.79 Å². The lowest BCUT2D eigenvalue weighted by Gasteiger charge is -2.36. The number of carbonyl (C=O) groups excluding carboxylic acids is 2. The highest BCUT2D eigenvalue weighted by Gasteiger charge is 2.23. The average Bonchev–Trinajstić information content (AvgIpc) is 2.77. The molecule has 0 spiro atoms. The zero-order valence-electron chi connectivity index (χ0n) is 16.1. The van der Waals surface area contributed by atoms with E-state index in [1.165, 1.54) is 14.2 Å². The Morgan fingerprint density at radius 2 is 1.64 bits per heavy atom. The predicted octanol–water partition coefficient (Wildman–Crippen LogP) is 2.21. The summed E-state index contributed by atoms with van der Waals surface area (Å²) in [4.78, 5) is 28.7. The van der Waals surface area contributed by atoms with E-state index in [2.05, 4.69) is 17.0 Å². The van der Waals surface area contributed by atoms with E-state index in [-0.39, 0.29) is 18.1 Å². The molecule has 0 radical (unpaired) electrons. The highest BCUT2D eigenvalue weighted by atomic mass is 16.5. The van der Waals surface area contributed by atoms with Gasteiger partial charge in [-0.15, -0.1) is 0 Å². The zero-order valence-corrected chi connectivity index (χ0v) is 16.1. The lowest BCUT2D eigenvalue weighted by atomic mass is 10.2. The summed E-state index contributed by atoms with van der Waals surface area (Å²) in [6, 6.07) is 14.9. The highest BCUT2D eigenvalue weighted by molar-refractivity contribution is 5.94. The molecule has 2 aromatic rings. The van der Waals surface area contributed by atoms with E-state index in [0.29, 0.717) is 24.6 Å². The number of hydrogen-bond acceptors (Lipinski definition) is 6. The van der Waals surface area contributed by atoms with Gasteiger partial charge in [-0.05, 0) is 24.3 Å². The minimum Gasteiger partial charge on any atom is -0.497 e. The number of nitrogens with zero attached hydrogens (tertiary/aromatic N) is 2. The van der Waals surface area contributed by atoms with Crippen LogP contribution in [0.4, 0.5) is 5.69 Å². The summed E-state index contributed by atoms with van der Waals surface area (Å²) in [6.07, 6.45) is 0. The van der Waals surface area contributed by atoms with Gasteiger partial charge in [0.15, 0.2) is 6.61 Å². The topological polar surface area (TPSA) is 68.3 Å². The monoisotopic (exact) mass is 384 g/mol. The molecule has 7 nitrogen and oxygen atoms in total. The van der Waals surface area contributed by atoms with Crippen LogP contribution in [-0.4, -0.2) is 63.8 Å². The second-order valence-corrected chi connectivity index (χ2v) is 6.35. The van der Waals surface area contributed by atoms with Crippen LogP contribution < -0.4 is 14.4 Å². The molecule has 1 heterocycles. The Labute approximate surface area is 164 Å². The van der Waals surface area contributed by atoms with E-state index >= 15 is 0 Å². The van der Waals surface area contributed by atoms with Crippen LogP contribution in [0, 0.1) is 0 Å². The van der Waals surface area contributed by atoms with Crippen molar-refractivity contribution in [2.45, 2.75) is 0 Å². The summed E-state index contributed by atoms with van der Waals surface area (Å²) >= 11 is 0. The van der Waals surface area contributed by atoms with Gasteiger partial charge in [0.2, 0.25) is 0 Å². The Kier molecular flexibility index (Phi) is 6.37. The fraction of sp³-hybridized carbons (Fsp3) is 0.333. The fourth-order valence-corrected chi connectivity index (χ4v) is 3.12. The molecule has 0 N–H and O–H groups in total. The summed E-state index contributed by atoms with van der Waals surface area (Å²) in [5.41, 5.74) is 1.40. The molecule has 2 aromatic carbocycles. The zero-order chi connectivity index (χ0) is 19.9. The quantitative estimate of drug-likeness (QED) is 0.712. The van der Waals surface area contributed by atoms with Crippen molar-refractivity contribution in [1.82, 2.24) is 4.90 Å². The van der Waals surface area contributed by atoms with Crippen LogP contribution in [-0.2, 0) is 9.53 Å². The minimum absolute atomic E-state index is 0.200. The third-order valence-electron chi connectivity index (χ3n) is 4.71. The van der Waals surface area contributed by atoms with Crippen molar-refractivity contribution >= 4 is 17.6 Å². The Hall–Kier alpha value is -3.22. The van der Waals surface area contributed by atoms with Crippen molar-refractivity contribution in [3.63, 3.8) is 0 Å². The van der Waals surface area contributed by atoms with Gasteiger partial charge in [-0.2, -0.15) is 0 Å². The Balaban J connectivity index is 1.51. The largest absolute Gasteiger partial charge is 0.497 e. The molecule has 3 rings (SSSR count). The van der Waals surface area contributed by atoms with Crippen molar-refractivity contribution < 1.29 is 23.8 Å². The second-order valence-electron chi connectivity index (χ2n) is 6.35. The van der Waals surface area contributed by atoms with Crippen LogP contribution >= 0.6 is 0 Å². The van der Waals surface area contributed by atoms with Gasteiger partial charge in [0.1, 0.15) is 17.1 Å². The molecule has 148 valence electrons. The van der Waals surface area contributed by atoms with Gasteiger partial charge in [-0.1, -0.05) is 18.2 Å². The lowest BCUT2D eigenvalue weighted by Crippen LogP contribution is -2.49. The molecule has 0 unspecified atom stereocenters. The molecule has 1 aliphatic rings.